The van der Waals surface area contributed by atoms with Crippen molar-refractivity contribution in [2.75, 3.05) is 6.54 Å². The van der Waals surface area contributed by atoms with Crippen molar-refractivity contribution in [2.45, 2.75) is 25.4 Å². The Balaban J connectivity index is 1.50. The van der Waals surface area contributed by atoms with Crippen LogP contribution in [-0.2, 0) is 20.6 Å². The lowest BCUT2D eigenvalue weighted by molar-refractivity contribution is 0.246. The highest BCUT2D eigenvalue weighted by Crippen LogP contribution is 2.33. The molecule has 7 heteroatoms. The molecule has 0 N–H and O–H groups in total. The van der Waals surface area contributed by atoms with Crippen LogP contribution in [0, 0.1) is 0 Å². The molecular formula is C16H20N6S. The van der Waals surface area contributed by atoms with E-state index in [2.05, 4.69) is 26.7 Å². The first-order chi connectivity index (χ1) is 11.2. The minimum atomic E-state index is 0.465. The predicted octanol–water partition coefficient (Wildman–Crippen LogP) is 2.61. The highest BCUT2D eigenvalue weighted by atomic mass is 32.1. The Kier molecular flexibility index (Phi) is 3.74. The number of hydrogen-bond acceptors (Lipinski definition) is 5. The van der Waals surface area contributed by atoms with Gasteiger partial charge in [-0.1, -0.05) is 0 Å². The summed E-state index contributed by atoms with van der Waals surface area (Å²) in [5.41, 5.74) is 3.55. The fourth-order valence-electron chi connectivity index (χ4n) is 3.26. The van der Waals surface area contributed by atoms with Gasteiger partial charge in [0.05, 0.1) is 18.1 Å². The van der Waals surface area contributed by atoms with Gasteiger partial charge in [-0.15, -0.1) is 11.3 Å². The molecule has 0 spiro atoms. The summed E-state index contributed by atoms with van der Waals surface area (Å²) < 4.78 is 3.70. The monoisotopic (exact) mass is 328 g/mol. The average molecular weight is 328 g/mol. The quantitative estimate of drug-likeness (QED) is 0.739. The Morgan fingerprint density at radius 2 is 2.00 bits per heavy atom. The van der Waals surface area contributed by atoms with E-state index in [1.54, 1.807) is 11.3 Å². The van der Waals surface area contributed by atoms with Crippen molar-refractivity contribution >= 4 is 11.3 Å². The average Bonchev–Trinajstić information content (AvgIpc) is 3.26. The van der Waals surface area contributed by atoms with Crippen LogP contribution in [0.4, 0.5) is 0 Å². The van der Waals surface area contributed by atoms with Gasteiger partial charge >= 0.3 is 0 Å². The van der Waals surface area contributed by atoms with Gasteiger partial charge in [0.2, 0.25) is 0 Å². The van der Waals surface area contributed by atoms with E-state index in [0.29, 0.717) is 6.04 Å². The zero-order chi connectivity index (χ0) is 15.8. The van der Waals surface area contributed by atoms with Crippen molar-refractivity contribution in [3.63, 3.8) is 0 Å². The van der Waals surface area contributed by atoms with E-state index in [4.69, 9.17) is 4.98 Å². The molecule has 0 radical (unpaired) electrons. The van der Waals surface area contributed by atoms with Crippen molar-refractivity contribution in [1.82, 2.24) is 29.4 Å². The molecule has 1 saturated heterocycles. The first-order valence-corrected chi connectivity index (χ1v) is 8.73. The van der Waals surface area contributed by atoms with Crippen LogP contribution >= 0.6 is 11.3 Å². The lowest BCUT2D eigenvalue weighted by atomic mass is 10.1. The molecule has 120 valence electrons. The molecule has 3 aromatic heterocycles. The molecule has 3 aromatic rings. The van der Waals surface area contributed by atoms with Crippen LogP contribution < -0.4 is 0 Å². The van der Waals surface area contributed by atoms with Gasteiger partial charge < -0.3 is 0 Å². The number of likely N-dealkylation sites (tertiary alicyclic amines) is 1. The van der Waals surface area contributed by atoms with Crippen LogP contribution in [0.3, 0.4) is 0 Å². The molecule has 0 bridgehead atoms. The predicted molar refractivity (Wildman–Crippen MR) is 89.9 cm³/mol. The SMILES string of the molecule is Cn1cc(-c2nc(CN3CCCC3c3cnn(C)c3)cs2)cn1. The summed E-state index contributed by atoms with van der Waals surface area (Å²) in [5.74, 6) is 0. The van der Waals surface area contributed by atoms with E-state index in [0.717, 1.165) is 29.4 Å². The van der Waals surface area contributed by atoms with E-state index in [-0.39, 0.29) is 0 Å². The second kappa shape index (κ2) is 5.90. The number of aromatic nitrogens is 5. The topological polar surface area (TPSA) is 51.8 Å². The van der Waals surface area contributed by atoms with Gasteiger partial charge in [0.25, 0.3) is 0 Å². The Hall–Kier alpha value is -1.99. The number of aryl methyl sites for hydroxylation is 2. The Bertz CT molecular complexity index is 801. The first kappa shape index (κ1) is 14.6. The highest BCUT2D eigenvalue weighted by molar-refractivity contribution is 7.13. The zero-order valence-corrected chi connectivity index (χ0v) is 14.2. The number of hydrogen-bond donors (Lipinski definition) is 0. The van der Waals surface area contributed by atoms with Crippen LogP contribution in [0.5, 0.6) is 0 Å². The van der Waals surface area contributed by atoms with Gasteiger partial charge in [-0.2, -0.15) is 10.2 Å². The molecule has 1 fully saturated rings. The molecule has 1 aliphatic heterocycles. The van der Waals surface area contributed by atoms with Crippen molar-refractivity contribution in [3.05, 3.63) is 41.4 Å². The maximum atomic E-state index is 4.79. The fourth-order valence-corrected chi connectivity index (χ4v) is 4.04. The van der Waals surface area contributed by atoms with E-state index in [1.165, 1.54) is 18.4 Å². The van der Waals surface area contributed by atoms with E-state index in [9.17, 15) is 0 Å². The molecule has 4 rings (SSSR count). The standard InChI is InChI=1S/C16H20N6S/c1-20-8-12(6-17-20)15-4-3-5-22(15)10-14-11-23-16(19-14)13-7-18-21(2)9-13/h6-9,11,15H,3-5,10H2,1-2H3. The minimum absolute atomic E-state index is 0.465. The molecule has 6 nitrogen and oxygen atoms in total. The van der Waals surface area contributed by atoms with Crippen molar-refractivity contribution in [2.24, 2.45) is 14.1 Å². The van der Waals surface area contributed by atoms with Gasteiger partial charge in [0.15, 0.2) is 0 Å². The van der Waals surface area contributed by atoms with Crippen LogP contribution in [0.2, 0.25) is 0 Å². The molecule has 0 amide bonds. The third-order valence-corrected chi connectivity index (χ3v) is 5.28. The van der Waals surface area contributed by atoms with Crippen molar-refractivity contribution in [3.8, 4) is 10.6 Å². The van der Waals surface area contributed by atoms with Crippen LogP contribution in [0.1, 0.15) is 30.1 Å². The lowest BCUT2D eigenvalue weighted by Gasteiger charge is -2.22. The smallest absolute Gasteiger partial charge is 0.126 e. The Morgan fingerprint density at radius 1 is 1.17 bits per heavy atom. The molecule has 1 aliphatic rings. The molecule has 1 unspecified atom stereocenters. The van der Waals surface area contributed by atoms with Gasteiger partial charge in [0.1, 0.15) is 5.01 Å². The zero-order valence-electron chi connectivity index (χ0n) is 13.4. The van der Waals surface area contributed by atoms with Gasteiger partial charge in [-0.3, -0.25) is 14.3 Å². The second-order valence-electron chi connectivity index (χ2n) is 6.12. The molecule has 4 heterocycles. The van der Waals surface area contributed by atoms with Crippen LogP contribution in [0.15, 0.2) is 30.2 Å². The summed E-state index contributed by atoms with van der Waals surface area (Å²) in [6.07, 6.45) is 10.4. The molecule has 0 saturated carbocycles. The van der Waals surface area contributed by atoms with E-state index < -0.39 is 0 Å². The van der Waals surface area contributed by atoms with Gasteiger partial charge in [0, 0.05) is 55.6 Å². The molecule has 0 aromatic carbocycles. The normalized spacial score (nSPS) is 18.8. The van der Waals surface area contributed by atoms with E-state index in [1.807, 2.05) is 42.0 Å². The summed E-state index contributed by atoms with van der Waals surface area (Å²) in [7, 11) is 3.91. The van der Waals surface area contributed by atoms with Gasteiger partial charge in [-0.25, -0.2) is 4.98 Å². The third kappa shape index (κ3) is 2.94. The summed E-state index contributed by atoms with van der Waals surface area (Å²) in [5, 5.41) is 11.8. The number of rotatable bonds is 4. The Morgan fingerprint density at radius 3 is 2.74 bits per heavy atom. The Labute approximate surface area is 139 Å². The largest absolute Gasteiger partial charge is 0.290 e. The highest BCUT2D eigenvalue weighted by Gasteiger charge is 2.27. The minimum Gasteiger partial charge on any atom is -0.290 e. The second-order valence-corrected chi connectivity index (χ2v) is 6.98. The summed E-state index contributed by atoms with van der Waals surface area (Å²) in [6.45, 7) is 2.02. The lowest BCUT2D eigenvalue weighted by Crippen LogP contribution is -2.22. The van der Waals surface area contributed by atoms with Gasteiger partial charge in [-0.05, 0) is 19.4 Å². The van der Waals surface area contributed by atoms with Crippen LogP contribution in [0.25, 0.3) is 10.6 Å². The van der Waals surface area contributed by atoms with Crippen LogP contribution in [-0.4, -0.2) is 36.0 Å². The first-order valence-electron chi connectivity index (χ1n) is 7.85. The maximum absolute atomic E-state index is 4.79. The maximum Gasteiger partial charge on any atom is 0.126 e. The van der Waals surface area contributed by atoms with E-state index >= 15 is 0 Å². The molecule has 23 heavy (non-hydrogen) atoms. The molecular weight excluding hydrogens is 308 g/mol. The van der Waals surface area contributed by atoms with Crippen molar-refractivity contribution < 1.29 is 0 Å². The fraction of sp³-hybridized carbons (Fsp3) is 0.438. The summed E-state index contributed by atoms with van der Waals surface area (Å²) >= 11 is 1.69. The number of thiazole rings is 1. The van der Waals surface area contributed by atoms with Crippen molar-refractivity contribution in [1.29, 1.82) is 0 Å². The molecule has 1 atom stereocenters. The summed E-state index contributed by atoms with van der Waals surface area (Å²) in [6, 6.07) is 0.465. The molecule has 0 aliphatic carbocycles. The number of nitrogens with zero attached hydrogens (tertiary/aromatic N) is 6. The third-order valence-electron chi connectivity index (χ3n) is 4.34. The summed E-state index contributed by atoms with van der Waals surface area (Å²) in [4.78, 5) is 7.31.